The lowest BCUT2D eigenvalue weighted by atomic mass is 9.67. The highest BCUT2D eigenvalue weighted by Gasteiger charge is 2.36. The van der Waals surface area contributed by atoms with Crippen LogP contribution < -0.4 is 0 Å². The van der Waals surface area contributed by atoms with E-state index < -0.39 is 0 Å². The molecular weight excluding hydrogens is 341 g/mol. The molecular formula is C13H28IN3O. The average Bonchev–Trinajstić information content (AvgIpc) is 2.19. The molecule has 1 aliphatic carbocycles. The van der Waals surface area contributed by atoms with E-state index in [-0.39, 0.29) is 24.0 Å². The fraction of sp³-hybridized carbons (Fsp3) is 0.923. The summed E-state index contributed by atoms with van der Waals surface area (Å²) in [5, 5.41) is 0. The van der Waals surface area contributed by atoms with Crippen LogP contribution >= 0.6 is 24.0 Å². The number of hydrogen-bond acceptors (Lipinski definition) is 2. The lowest BCUT2D eigenvalue weighted by molar-refractivity contribution is 0.0775. The van der Waals surface area contributed by atoms with Crippen molar-refractivity contribution in [1.82, 2.24) is 9.80 Å². The summed E-state index contributed by atoms with van der Waals surface area (Å²) >= 11 is 0. The third kappa shape index (κ3) is 4.91. The molecule has 0 atom stereocenters. The van der Waals surface area contributed by atoms with Crippen LogP contribution in [0.25, 0.3) is 0 Å². The molecule has 1 rings (SSSR count). The number of aliphatic imine (C=N–C) groups is 1. The van der Waals surface area contributed by atoms with E-state index in [2.05, 4.69) is 9.80 Å². The lowest BCUT2D eigenvalue weighted by Crippen LogP contribution is -2.39. The summed E-state index contributed by atoms with van der Waals surface area (Å²) in [5.74, 6) is 1.05. The molecule has 5 heteroatoms. The Labute approximate surface area is 129 Å². The second-order valence-electron chi connectivity index (χ2n) is 5.50. The van der Waals surface area contributed by atoms with Crippen LogP contribution in [0.2, 0.25) is 0 Å². The van der Waals surface area contributed by atoms with Gasteiger partial charge in [-0.2, -0.15) is 0 Å². The molecule has 18 heavy (non-hydrogen) atoms. The third-order valence-electron chi connectivity index (χ3n) is 3.61. The number of guanidine groups is 1. The van der Waals surface area contributed by atoms with Crippen LogP contribution in [0.15, 0.2) is 4.99 Å². The van der Waals surface area contributed by atoms with E-state index in [1.165, 1.54) is 19.3 Å². The SMILES string of the molecule is COCCC1(CN=C(N(C)C)N(C)C)CCC1.I. The normalized spacial score (nSPS) is 16.3. The first-order chi connectivity index (χ1) is 8.01. The zero-order valence-corrected chi connectivity index (χ0v) is 14.7. The molecule has 1 saturated carbocycles. The van der Waals surface area contributed by atoms with Crippen molar-refractivity contribution in [3.63, 3.8) is 0 Å². The Hall–Kier alpha value is -0.0400. The van der Waals surface area contributed by atoms with Crippen molar-refractivity contribution < 1.29 is 4.74 Å². The van der Waals surface area contributed by atoms with Gasteiger partial charge in [0, 0.05) is 48.5 Å². The van der Waals surface area contributed by atoms with Crippen LogP contribution in [-0.2, 0) is 4.74 Å². The van der Waals surface area contributed by atoms with Crippen LogP contribution in [0.3, 0.4) is 0 Å². The van der Waals surface area contributed by atoms with Crippen molar-refractivity contribution in [2.45, 2.75) is 25.7 Å². The highest BCUT2D eigenvalue weighted by atomic mass is 127. The molecule has 0 heterocycles. The van der Waals surface area contributed by atoms with Gasteiger partial charge in [-0.3, -0.25) is 4.99 Å². The standard InChI is InChI=1S/C13H27N3O.HI/c1-15(2)12(16(3)4)14-11-13(7-6-8-13)9-10-17-5;/h6-11H2,1-5H3;1H. The van der Waals surface area contributed by atoms with Crippen LogP contribution in [0.5, 0.6) is 0 Å². The lowest BCUT2D eigenvalue weighted by Gasteiger charge is -2.41. The van der Waals surface area contributed by atoms with Gasteiger partial charge in [-0.1, -0.05) is 6.42 Å². The summed E-state index contributed by atoms with van der Waals surface area (Å²) in [6.07, 6.45) is 5.08. The average molecular weight is 369 g/mol. The Morgan fingerprint density at radius 2 is 1.72 bits per heavy atom. The van der Waals surface area contributed by atoms with E-state index >= 15 is 0 Å². The van der Waals surface area contributed by atoms with E-state index in [1.54, 1.807) is 7.11 Å². The summed E-state index contributed by atoms with van der Waals surface area (Å²) in [7, 11) is 9.95. The van der Waals surface area contributed by atoms with Crippen LogP contribution in [0.4, 0.5) is 0 Å². The first kappa shape index (κ1) is 18.0. The second kappa shape index (κ2) is 8.19. The third-order valence-corrected chi connectivity index (χ3v) is 3.61. The monoisotopic (exact) mass is 369 g/mol. The Bertz CT molecular complexity index is 253. The van der Waals surface area contributed by atoms with Gasteiger partial charge in [0.05, 0.1) is 0 Å². The Kier molecular flexibility index (Phi) is 8.18. The van der Waals surface area contributed by atoms with Gasteiger partial charge in [0.15, 0.2) is 5.96 Å². The quantitative estimate of drug-likeness (QED) is 0.423. The van der Waals surface area contributed by atoms with E-state index in [1.807, 2.05) is 28.2 Å². The van der Waals surface area contributed by atoms with Crippen molar-refractivity contribution in [1.29, 1.82) is 0 Å². The molecule has 0 aromatic rings. The number of methoxy groups -OCH3 is 1. The van der Waals surface area contributed by atoms with E-state index in [4.69, 9.17) is 9.73 Å². The Morgan fingerprint density at radius 3 is 2.06 bits per heavy atom. The summed E-state index contributed by atoms with van der Waals surface area (Å²) < 4.78 is 5.21. The summed E-state index contributed by atoms with van der Waals surface area (Å²) in [5.41, 5.74) is 0.410. The maximum absolute atomic E-state index is 5.21. The minimum atomic E-state index is 0. The van der Waals surface area contributed by atoms with Crippen molar-refractivity contribution in [2.75, 3.05) is 48.5 Å². The van der Waals surface area contributed by atoms with Crippen molar-refractivity contribution in [2.24, 2.45) is 10.4 Å². The van der Waals surface area contributed by atoms with E-state index in [0.717, 1.165) is 25.5 Å². The molecule has 0 spiro atoms. The van der Waals surface area contributed by atoms with Gasteiger partial charge in [-0.15, -0.1) is 24.0 Å². The number of rotatable bonds is 5. The van der Waals surface area contributed by atoms with Gasteiger partial charge in [-0.05, 0) is 24.7 Å². The van der Waals surface area contributed by atoms with Gasteiger partial charge in [0.2, 0.25) is 0 Å². The van der Waals surface area contributed by atoms with Gasteiger partial charge >= 0.3 is 0 Å². The predicted molar refractivity (Wildman–Crippen MR) is 87.9 cm³/mol. The molecule has 0 amide bonds. The molecule has 1 fully saturated rings. The molecule has 0 N–H and O–H groups in total. The maximum atomic E-state index is 5.21. The fourth-order valence-electron chi connectivity index (χ4n) is 2.40. The van der Waals surface area contributed by atoms with Crippen molar-refractivity contribution >= 4 is 29.9 Å². The molecule has 1 aliphatic rings. The topological polar surface area (TPSA) is 28.1 Å². The summed E-state index contributed by atoms with van der Waals surface area (Å²) in [4.78, 5) is 8.93. The number of hydrogen-bond donors (Lipinski definition) is 0. The molecule has 0 bridgehead atoms. The molecule has 108 valence electrons. The molecule has 4 nitrogen and oxygen atoms in total. The molecule has 0 aliphatic heterocycles. The minimum Gasteiger partial charge on any atom is -0.385 e. The van der Waals surface area contributed by atoms with Gasteiger partial charge in [0.1, 0.15) is 0 Å². The summed E-state index contributed by atoms with van der Waals surface area (Å²) in [6.45, 7) is 1.79. The first-order valence-electron chi connectivity index (χ1n) is 6.39. The highest BCUT2D eigenvalue weighted by Crippen LogP contribution is 2.44. The van der Waals surface area contributed by atoms with Gasteiger partial charge in [-0.25, -0.2) is 0 Å². The second-order valence-corrected chi connectivity index (χ2v) is 5.50. The van der Waals surface area contributed by atoms with Crippen LogP contribution in [0, 0.1) is 5.41 Å². The molecule has 0 saturated heterocycles. The van der Waals surface area contributed by atoms with Crippen LogP contribution in [-0.4, -0.2) is 64.2 Å². The number of halogens is 1. The predicted octanol–water partition coefficient (Wildman–Crippen LogP) is 2.29. The molecule has 0 aromatic heterocycles. The fourth-order valence-corrected chi connectivity index (χ4v) is 2.40. The number of ether oxygens (including phenoxy) is 1. The Morgan fingerprint density at radius 1 is 1.17 bits per heavy atom. The van der Waals surface area contributed by atoms with Crippen molar-refractivity contribution in [3.05, 3.63) is 0 Å². The minimum absolute atomic E-state index is 0. The first-order valence-corrected chi connectivity index (χ1v) is 6.39. The van der Waals surface area contributed by atoms with Gasteiger partial charge < -0.3 is 14.5 Å². The smallest absolute Gasteiger partial charge is 0.195 e. The maximum Gasteiger partial charge on any atom is 0.195 e. The van der Waals surface area contributed by atoms with E-state index in [0.29, 0.717) is 5.41 Å². The number of nitrogens with zero attached hydrogens (tertiary/aromatic N) is 3. The Balaban J connectivity index is 0.00000289. The van der Waals surface area contributed by atoms with Gasteiger partial charge in [0.25, 0.3) is 0 Å². The van der Waals surface area contributed by atoms with E-state index in [9.17, 15) is 0 Å². The highest BCUT2D eigenvalue weighted by molar-refractivity contribution is 14.0. The molecule has 0 radical (unpaired) electrons. The molecule has 0 unspecified atom stereocenters. The zero-order chi connectivity index (χ0) is 12.9. The van der Waals surface area contributed by atoms with Crippen LogP contribution in [0.1, 0.15) is 25.7 Å². The zero-order valence-electron chi connectivity index (χ0n) is 12.4. The largest absolute Gasteiger partial charge is 0.385 e. The molecule has 0 aromatic carbocycles. The summed E-state index contributed by atoms with van der Waals surface area (Å²) in [6, 6.07) is 0. The van der Waals surface area contributed by atoms with Crippen molar-refractivity contribution in [3.8, 4) is 0 Å².